The van der Waals surface area contributed by atoms with Gasteiger partial charge in [-0.1, -0.05) is 35.9 Å². The van der Waals surface area contributed by atoms with E-state index in [9.17, 15) is 4.79 Å². The van der Waals surface area contributed by atoms with Crippen molar-refractivity contribution in [3.63, 3.8) is 0 Å². The Bertz CT molecular complexity index is 1220. The molecule has 5 nitrogen and oxygen atoms in total. The molecule has 138 valence electrons. The van der Waals surface area contributed by atoms with E-state index in [0.29, 0.717) is 16.3 Å². The Morgan fingerprint density at radius 1 is 1.07 bits per heavy atom. The second-order valence-electron chi connectivity index (χ2n) is 6.12. The molecule has 28 heavy (non-hydrogen) atoms. The van der Waals surface area contributed by atoms with Crippen LogP contribution >= 0.6 is 11.6 Å². The van der Waals surface area contributed by atoms with Crippen molar-refractivity contribution in [2.24, 2.45) is 0 Å². The van der Waals surface area contributed by atoms with Gasteiger partial charge in [-0.15, -0.1) is 0 Å². The van der Waals surface area contributed by atoms with Gasteiger partial charge in [0.15, 0.2) is 6.61 Å². The molecule has 2 aromatic heterocycles. The van der Waals surface area contributed by atoms with Crippen molar-refractivity contribution in [2.75, 3.05) is 6.61 Å². The first-order chi connectivity index (χ1) is 13.7. The van der Waals surface area contributed by atoms with Gasteiger partial charge in [0.25, 0.3) is 0 Å². The van der Waals surface area contributed by atoms with Gasteiger partial charge < -0.3 is 13.9 Å². The summed E-state index contributed by atoms with van der Waals surface area (Å²) in [6, 6.07) is 20.2. The molecular formula is C22H15ClN2O3. The highest BCUT2D eigenvalue weighted by atomic mass is 35.5. The standard InChI is InChI=1S/C22H15ClN2O3/c23-18-6-2-1-5-15(18)14-28-22(26)21-17-9-8-16(27-12-10-24)13-20(17)25-11-4-3-7-19(21)25/h1-9,11,13H,12,14H2. The molecule has 0 N–H and O–H groups in total. The number of nitrogens with zero attached hydrogens (tertiary/aromatic N) is 2. The molecule has 0 atom stereocenters. The summed E-state index contributed by atoms with van der Waals surface area (Å²) >= 11 is 6.15. The molecule has 4 aromatic rings. The number of carbonyl (C=O) groups is 1. The Labute approximate surface area is 166 Å². The molecule has 0 amide bonds. The van der Waals surface area contributed by atoms with Crippen molar-refractivity contribution in [1.29, 1.82) is 5.26 Å². The average Bonchev–Trinajstić information content (AvgIpc) is 3.05. The first kappa shape index (κ1) is 17.9. The molecule has 0 fully saturated rings. The van der Waals surface area contributed by atoms with E-state index in [4.69, 9.17) is 26.3 Å². The average molecular weight is 391 g/mol. The van der Waals surface area contributed by atoms with Gasteiger partial charge in [0.05, 0.1) is 16.6 Å². The number of hydrogen-bond donors (Lipinski definition) is 0. The summed E-state index contributed by atoms with van der Waals surface area (Å²) in [7, 11) is 0. The fraction of sp³-hybridized carbons (Fsp3) is 0.0909. The van der Waals surface area contributed by atoms with Crippen molar-refractivity contribution in [3.8, 4) is 11.8 Å². The lowest BCUT2D eigenvalue weighted by Crippen LogP contribution is -2.05. The molecule has 2 heterocycles. The first-order valence-corrected chi connectivity index (χ1v) is 9.00. The third-order valence-electron chi connectivity index (χ3n) is 4.44. The second-order valence-corrected chi connectivity index (χ2v) is 6.53. The molecule has 0 aliphatic heterocycles. The van der Waals surface area contributed by atoms with Gasteiger partial charge in [-0.2, -0.15) is 5.26 Å². The molecule has 0 radical (unpaired) electrons. The minimum atomic E-state index is -0.427. The minimum Gasteiger partial charge on any atom is -0.479 e. The van der Waals surface area contributed by atoms with Crippen LogP contribution in [0.25, 0.3) is 16.4 Å². The van der Waals surface area contributed by atoms with E-state index < -0.39 is 5.97 Å². The SMILES string of the molecule is N#CCOc1ccc2c(C(=O)OCc3ccccc3Cl)c3ccccn3c2c1. The fourth-order valence-corrected chi connectivity index (χ4v) is 3.36. The molecule has 6 heteroatoms. The summed E-state index contributed by atoms with van der Waals surface area (Å²) in [6.45, 7) is 0.0507. The third kappa shape index (κ3) is 3.26. The van der Waals surface area contributed by atoms with Crippen LogP contribution in [0, 0.1) is 11.3 Å². The zero-order valence-corrected chi connectivity index (χ0v) is 15.5. The number of halogens is 1. The molecule has 0 saturated carbocycles. The van der Waals surface area contributed by atoms with Crippen LogP contribution in [-0.2, 0) is 11.3 Å². The maximum absolute atomic E-state index is 12.9. The largest absolute Gasteiger partial charge is 0.479 e. The normalized spacial score (nSPS) is 10.7. The van der Waals surface area contributed by atoms with Crippen molar-refractivity contribution in [3.05, 3.63) is 83.0 Å². The number of aromatic nitrogens is 1. The van der Waals surface area contributed by atoms with Crippen LogP contribution in [0.4, 0.5) is 0 Å². The second kappa shape index (κ2) is 7.63. The van der Waals surface area contributed by atoms with Crippen molar-refractivity contribution < 1.29 is 14.3 Å². The summed E-state index contributed by atoms with van der Waals surface area (Å²) in [5.74, 6) is 0.137. The predicted octanol–water partition coefficient (Wildman–Crippen LogP) is 5.01. The van der Waals surface area contributed by atoms with E-state index in [1.54, 1.807) is 18.2 Å². The van der Waals surface area contributed by atoms with E-state index in [-0.39, 0.29) is 13.2 Å². The number of rotatable bonds is 5. The maximum Gasteiger partial charge on any atom is 0.341 e. The number of fused-ring (bicyclic) bond motifs is 3. The molecule has 0 saturated heterocycles. The third-order valence-corrected chi connectivity index (χ3v) is 4.81. The Morgan fingerprint density at radius 3 is 2.71 bits per heavy atom. The Hall–Kier alpha value is -3.49. The molecule has 0 unspecified atom stereocenters. The van der Waals surface area contributed by atoms with Crippen LogP contribution in [0.15, 0.2) is 66.9 Å². The van der Waals surface area contributed by atoms with Crippen LogP contribution in [0.3, 0.4) is 0 Å². The van der Waals surface area contributed by atoms with Gasteiger partial charge >= 0.3 is 5.97 Å². The topological polar surface area (TPSA) is 63.7 Å². The Kier molecular flexibility index (Phi) is 4.88. The summed E-state index contributed by atoms with van der Waals surface area (Å²) in [5.41, 5.74) is 2.77. The minimum absolute atomic E-state index is 0.0401. The smallest absolute Gasteiger partial charge is 0.341 e. The van der Waals surface area contributed by atoms with E-state index in [0.717, 1.165) is 22.0 Å². The van der Waals surface area contributed by atoms with Crippen molar-refractivity contribution in [2.45, 2.75) is 6.61 Å². The number of hydrogen-bond acceptors (Lipinski definition) is 4. The summed E-state index contributed by atoms with van der Waals surface area (Å²) < 4.78 is 12.9. The molecule has 0 aliphatic carbocycles. The van der Waals surface area contributed by atoms with Crippen LogP contribution in [-0.4, -0.2) is 17.0 Å². The van der Waals surface area contributed by atoms with Crippen LogP contribution in [0.1, 0.15) is 15.9 Å². The van der Waals surface area contributed by atoms with Crippen LogP contribution in [0.2, 0.25) is 5.02 Å². The summed E-state index contributed by atoms with van der Waals surface area (Å²) in [4.78, 5) is 12.9. The number of pyridine rings is 1. The Balaban J connectivity index is 1.74. The number of nitriles is 1. The van der Waals surface area contributed by atoms with Gasteiger partial charge in [0, 0.05) is 28.2 Å². The predicted molar refractivity (Wildman–Crippen MR) is 107 cm³/mol. The van der Waals surface area contributed by atoms with Crippen molar-refractivity contribution >= 4 is 34.0 Å². The lowest BCUT2D eigenvalue weighted by molar-refractivity contribution is 0.0477. The molecular weight excluding hydrogens is 376 g/mol. The summed E-state index contributed by atoms with van der Waals surface area (Å²) in [5, 5.41) is 10.0. The number of benzene rings is 2. The highest BCUT2D eigenvalue weighted by Gasteiger charge is 2.20. The van der Waals surface area contributed by atoms with Gasteiger partial charge in [0.2, 0.25) is 0 Å². The molecule has 0 aliphatic rings. The molecule has 0 bridgehead atoms. The first-order valence-electron chi connectivity index (χ1n) is 8.62. The lowest BCUT2D eigenvalue weighted by Gasteiger charge is -2.06. The van der Waals surface area contributed by atoms with E-state index in [2.05, 4.69) is 0 Å². The Morgan fingerprint density at radius 2 is 1.89 bits per heavy atom. The van der Waals surface area contributed by atoms with Gasteiger partial charge in [-0.3, -0.25) is 0 Å². The van der Waals surface area contributed by atoms with Gasteiger partial charge in [-0.25, -0.2) is 4.79 Å². The van der Waals surface area contributed by atoms with E-state index in [1.165, 1.54) is 0 Å². The lowest BCUT2D eigenvalue weighted by atomic mass is 10.1. The number of esters is 1. The van der Waals surface area contributed by atoms with Crippen LogP contribution < -0.4 is 4.74 Å². The van der Waals surface area contributed by atoms with Gasteiger partial charge in [0.1, 0.15) is 18.4 Å². The summed E-state index contributed by atoms with van der Waals surface area (Å²) in [6.07, 6.45) is 1.87. The monoisotopic (exact) mass is 390 g/mol. The molecule has 0 spiro atoms. The molecule has 4 rings (SSSR count). The number of carbonyl (C=O) groups excluding carboxylic acids is 1. The number of ether oxygens (including phenoxy) is 2. The van der Waals surface area contributed by atoms with E-state index >= 15 is 0 Å². The van der Waals surface area contributed by atoms with Crippen LogP contribution in [0.5, 0.6) is 5.75 Å². The quantitative estimate of drug-likeness (QED) is 0.449. The highest BCUT2D eigenvalue weighted by Crippen LogP contribution is 2.30. The van der Waals surface area contributed by atoms with Crippen molar-refractivity contribution in [1.82, 2.24) is 4.40 Å². The zero-order chi connectivity index (χ0) is 19.5. The fourth-order valence-electron chi connectivity index (χ4n) is 3.17. The highest BCUT2D eigenvalue weighted by molar-refractivity contribution is 6.31. The maximum atomic E-state index is 12.9. The molecule has 2 aromatic carbocycles. The van der Waals surface area contributed by atoms with E-state index in [1.807, 2.05) is 59.1 Å². The van der Waals surface area contributed by atoms with Gasteiger partial charge in [-0.05, 0) is 30.3 Å². The zero-order valence-electron chi connectivity index (χ0n) is 14.8.